The van der Waals surface area contributed by atoms with Gasteiger partial charge in [0.2, 0.25) is 11.8 Å². The van der Waals surface area contributed by atoms with Crippen molar-refractivity contribution in [1.82, 2.24) is 20.1 Å². The van der Waals surface area contributed by atoms with E-state index in [4.69, 9.17) is 0 Å². The van der Waals surface area contributed by atoms with Crippen LogP contribution >= 0.6 is 0 Å². The average Bonchev–Trinajstić information content (AvgIpc) is 3.03. The fourth-order valence-electron chi connectivity index (χ4n) is 3.66. The first-order valence-corrected chi connectivity index (χ1v) is 8.41. The van der Waals surface area contributed by atoms with Gasteiger partial charge in [0.15, 0.2) is 0 Å². The van der Waals surface area contributed by atoms with Crippen molar-refractivity contribution < 1.29 is 14.4 Å². The number of pyridine rings is 1. The molecule has 2 aromatic rings. The fourth-order valence-corrected chi connectivity index (χ4v) is 3.66. The van der Waals surface area contributed by atoms with Crippen LogP contribution in [0.25, 0.3) is 10.9 Å². The summed E-state index contributed by atoms with van der Waals surface area (Å²) in [4.78, 5) is 54.7. The maximum absolute atomic E-state index is 12.6. The van der Waals surface area contributed by atoms with Gasteiger partial charge >= 0.3 is 0 Å². The van der Waals surface area contributed by atoms with Crippen LogP contribution in [0, 0.1) is 0 Å². The Labute approximate surface area is 148 Å². The third-order valence-corrected chi connectivity index (χ3v) is 4.99. The Hall–Kier alpha value is -3.16. The van der Waals surface area contributed by atoms with Gasteiger partial charge in [-0.3, -0.25) is 19.2 Å². The van der Waals surface area contributed by atoms with Crippen LogP contribution in [0.15, 0.2) is 35.1 Å². The number of hydrogen-bond donors (Lipinski definition) is 2. The topological polar surface area (TPSA) is 103 Å². The van der Waals surface area contributed by atoms with Crippen molar-refractivity contribution >= 4 is 28.6 Å². The molecule has 2 fully saturated rings. The van der Waals surface area contributed by atoms with Crippen LogP contribution in [-0.2, 0) is 9.59 Å². The number of amides is 3. The van der Waals surface area contributed by atoms with Crippen molar-refractivity contribution in [2.24, 2.45) is 0 Å². The van der Waals surface area contributed by atoms with Gasteiger partial charge in [-0.2, -0.15) is 0 Å². The summed E-state index contributed by atoms with van der Waals surface area (Å²) in [5, 5.41) is 3.55. The second kappa shape index (κ2) is 5.98. The number of rotatable bonds is 2. The molecule has 0 spiro atoms. The number of H-pyrrole nitrogens is 1. The van der Waals surface area contributed by atoms with Gasteiger partial charge in [0.1, 0.15) is 11.6 Å². The van der Waals surface area contributed by atoms with Crippen molar-refractivity contribution in [3.63, 3.8) is 0 Å². The highest BCUT2D eigenvalue weighted by Crippen LogP contribution is 2.23. The van der Waals surface area contributed by atoms with Gasteiger partial charge in [0, 0.05) is 25.2 Å². The molecule has 2 aliphatic heterocycles. The summed E-state index contributed by atoms with van der Waals surface area (Å²) in [6.45, 7) is 0.334. The molecule has 26 heavy (non-hydrogen) atoms. The molecule has 0 bridgehead atoms. The van der Waals surface area contributed by atoms with E-state index in [2.05, 4.69) is 10.3 Å². The van der Waals surface area contributed by atoms with Crippen LogP contribution in [0.3, 0.4) is 0 Å². The highest BCUT2D eigenvalue weighted by molar-refractivity contribution is 5.98. The van der Waals surface area contributed by atoms with Crippen molar-refractivity contribution in [2.75, 3.05) is 20.1 Å². The number of aromatic nitrogens is 1. The molecular formula is C18H18N4O4. The van der Waals surface area contributed by atoms with Crippen LogP contribution in [0.1, 0.15) is 16.8 Å². The summed E-state index contributed by atoms with van der Waals surface area (Å²) in [6, 6.07) is 7.85. The molecule has 2 aliphatic rings. The molecule has 134 valence electrons. The molecule has 3 heterocycles. The number of nitrogens with one attached hydrogen (secondary N) is 2. The lowest BCUT2D eigenvalue weighted by molar-refractivity contribution is -0.152. The van der Waals surface area contributed by atoms with Gasteiger partial charge in [-0.05, 0) is 23.9 Å². The average molecular weight is 354 g/mol. The highest BCUT2D eigenvalue weighted by atomic mass is 16.2. The molecule has 8 heteroatoms. The third-order valence-electron chi connectivity index (χ3n) is 4.99. The number of benzene rings is 1. The number of piperazine rings is 1. The van der Waals surface area contributed by atoms with E-state index in [0.29, 0.717) is 11.9 Å². The first kappa shape index (κ1) is 16.3. The zero-order valence-electron chi connectivity index (χ0n) is 14.2. The Morgan fingerprint density at radius 2 is 2.00 bits per heavy atom. The van der Waals surface area contributed by atoms with E-state index >= 15 is 0 Å². The Balaban J connectivity index is 1.54. The molecule has 3 amide bonds. The quantitative estimate of drug-likeness (QED) is 0.773. The summed E-state index contributed by atoms with van der Waals surface area (Å²) >= 11 is 0. The lowest BCUT2D eigenvalue weighted by Crippen LogP contribution is -2.55. The fraction of sp³-hybridized carbons (Fsp3) is 0.333. The lowest BCUT2D eigenvalue weighted by Gasteiger charge is -2.33. The molecular weight excluding hydrogens is 336 g/mol. The summed E-state index contributed by atoms with van der Waals surface area (Å²) < 4.78 is 0. The zero-order chi connectivity index (χ0) is 18.4. The van der Waals surface area contributed by atoms with Crippen molar-refractivity contribution in [1.29, 1.82) is 0 Å². The number of hydrogen-bond acceptors (Lipinski definition) is 4. The second-order valence-electron chi connectivity index (χ2n) is 6.76. The number of nitrogens with zero attached hydrogens (tertiary/aromatic N) is 2. The van der Waals surface area contributed by atoms with E-state index in [1.165, 1.54) is 9.80 Å². The largest absolute Gasteiger partial charge is 0.347 e. The third kappa shape index (κ3) is 2.63. The predicted molar refractivity (Wildman–Crippen MR) is 93.6 cm³/mol. The van der Waals surface area contributed by atoms with Crippen LogP contribution in [-0.4, -0.2) is 64.7 Å². The molecule has 2 N–H and O–H groups in total. The Morgan fingerprint density at radius 3 is 2.81 bits per heavy atom. The van der Waals surface area contributed by atoms with Gasteiger partial charge in [-0.25, -0.2) is 0 Å². The number of carbonyl (C=O) groups excluding carboxylic acids is 3. The molecule has 0 saturated carbocycles. The monoisotopic (exact) mass is 354 g/mol. The van der Waals surface area contributed by atoms with Gasteiger partial charge in [-0.1, -0.05) is 18.2 Å². The highest BCUT2D eigenvalue weighted by Gasteiger charge is 2.45. The Morgan fingerprint density at radius 1 is 1.23 bits per heavy atom. The van der Waals surface area contributed by atoms with E-state index in [1.807, 2.05) is 12.1 Å². The zero-order valence-corrected chi connectivity index (χ0v) is 14.2. The van der Waals surface area contributed by atoms with Crippen LogP contribution in [0.4, 0.5) is 0 Å². The van der Waals surface area contributed by atoms with Gasteiger partial charge in [0.05, 0.1) is 6.54 Å². The van der Waals surface area contributed by atoms with Gasteiger partial charge in [-0.15, -0.1) is 0 Å². The maximum Gasteiger partial charge on any atom is 0.261 e. The molecule has 2 atom stereocenters. The molecule has 1 aromatic heterocycles. The minimum absolute atomic E-state index is 0.0170. The first-order chi connectivity index (χ1) is 12.4. The minimum atomic E-state index is -0.540. The second-order valence-corrected chi connectivity index (χ2v) is 6.76. The van der Waals surface area contributed by atoms with Crippen LogP contribution in [0.2, 0.25) is 0 Å². The lowest BCUT2D eigenvalue weighted by atomic mass is 10.1. The molecule has 0 aliphatic carbocycles. The SMILES string of the molecule is CN1CC(=O)N2C[C@@H](NC(=O)c3cc4ccccc4[nH]c3=O)C[C@H]2C1=O. The van der Waals surface area contributed by atoms with E-state index in [1.54, 1.807) is 25.2 Å². The van der Waals surface area contributed by atoms with E-state index in [-0.39, 0.29) is 36.5 Å². The number of carbonyl (C=O) groups is 3. The van der Waals surface area contributed by atoms with E-state index in [0.717, 1.165) is 5.39 Å². The molecule has 0 unspecified atom stereocenters. The maximum atomic E-state index is 12.6. The number of aromatic amines is 1. The van der Waals surface area contributed by atoms with E-state index < -0.39 is 17.5 Å². The molecule has 0 radical (unpaired) electrons. The van der Waals surface area contributed by atoms with E-state index in [9.17, 15) is 19.2 Å². The Bertz CT molecular complexity index is 983. The number of fused-ring (bicyclic) bond motifs is 2. The van der Waals surface area contributed by atoms with Crippen molar-refractivity contribution in [2.45, 2.75) is 18.5 Å². The number of likely N-dealkylation sites (N-methyl/N-ethyl adjacent to an activating group) is 1. The summed E-state index contributed by atoms with van der Waals surface area (Å²) in [7, 11) is 1.60. The molecule has 8 nitrogen and oxygen atoms in total. The predicted octanol–water partition coefficient (Wildman–Crippen LogP) is -0.301. The smallest absolute Gasteiger partial charge is 0.261 e. The van der Waals surface area contributed by atoms with Crippen LogP contribution in [0.5, 0.6) is 0 Å². The summed E-state index contributed by atoms with van der Waals surface area (Å²) in [5.74, 6) is -0.752. The Kier molecular flexibility index (Phi) is 3.75. The normalized spacial score (nSPS) is 22.7. The first-order valence-electron chi connectivity index (χ1n) is 8.41. The molecule has 2 saturated heterocycles. The number of para-hydroxylation sites is 1. The minimum Gasteiger partial charge on any atom is -0.347 e. The van der Waals surface area contributed by atoms with Gasteiger partial charge in [0.25, 0.3) is 11.5 Å². The molecule has 1 aromatic carbocycles. The van der Waals surface area contributed by atoms with Crippen LogP contribution < -0.4 is 10.9 Å². The molecule has 4 rings (SSSR count). The summed E-state index contributed by atoms with van der Waals surface area (Å²) in [5.41, 5.74) is 0.207. The standard InChI is InChI=1S/C18H18N4O4/c1-21-9-15(23)22-8-11(7-14(22)18(21)26)19-16(24)12-6-10-4-2-3-5-13(10)20-17(12)25/h2-6,11,14H,7-9H2,1H3,(H,19,24)(H,20,25)/t11-,14-/m0/s1. The van der Waals surface area contributed by atoms with Crippen molar-refractivity contribution in [3.05, 3.63) is 46.2 Å². The summed E-state index contributed by atoms with van der Waals surface area (Å²) in [6.07, 6.45) is 0.353. The van der Waals surface area contributed by atoms with Gasteiger partial charge < -0.3 is 20.1 Å². The van der Waals surface area contributed by atoms with Crippen molar-refractivity contribution in [3.8, 4) is 0 Å².